The molecule has 1 aromatic carbocycles. The summed E-state index contributed by atoms with van der Waals surface area (Å²) in [6.07, 6.45) is 0. The van der Waals surface area contributed by atoms with Gasteiger partial charge in [-0.1, -0.05) is 33.8 Å². The van der Waals surface area contributed by atoms with Gasteiger partial charge in [0.05, 0.1) is 4.92 Å². The maximum absolute atomic E-state index is 11.9. The van der Waals surface area contributed by atoms with Crippen LogP contribution in [-0.2, 0) is 0 Å². The number of non-ortho nitro benzene ring substituents is 1. The van der Waals surface area contributed by atoms with Crippen molar-refractivity contribution in [3.63, 3.8) is 0 Å². The van der Waals surface area contributed by atoms with Gasteiger partial charge in [0.15, 0.2) is 0 Å². The van der Waals surface area contributed by atoms with Gasteiger partial charge in [-0.25, -0.2) is 4.79 Å². The van der Waals surface area contributed by atoms with Crippen molar-refractivity contribution in [3.05, 3.63) is 34.4 Å². The van der Waals surface area contributed by atoms with Gasteiger partial charge in [0.2, 0.25) is 0 Å². The van der Waals surface area contributed by atoms with Crippen molar-refractivity contribution >= 4 is 17.4 Å². The SMILES string of the molecule is CC(C)C(CNC(=O)Nc1cccc([N+](=O)[O-])c1)C(C)C. The predicted molar refractivity (Wildman–Crippen MR) is 83.3 cm³/mol. The Labute approximate surface area is 125 Å². The Kier molecular flexibility index (Phi) is 6.14. The average Bonchev–Trinajstić information content (AvgIpc) is 2.38. The molecular formula is C15H23N3O3. The van der Waals surface area contributed by atoms with Gasteiger partial charge in [0.25, 0.3) is 5.69 Å². The summed E-state index contributed by atoms with van der Waals surface area (Å²) in [5.41, 5.74) is 0.363. The predicted octanol–water partition coefficient (Wildman–Crippen LogP) is 3.64. The van der Waals surface area contributed by atoms with Gasteiger partial charge in [-0.2, -0.15) is 0 Å². The number of nitro groups is 1. The third kappa shape index (κ3) is 5.41. The van der Waals surface area contributed by atoms with Crippen molar-refractivity contribution < 1.29 is 9.72 Å². The van der Waals surface area contributed by atoms with E-state index in [-0.39, 0.29) is 11.7 Å². The highest BCUT2D eigenvalue weighted by atomic mass is 16.6. The topological polar surface area (TPSA) is 84.3 Å². The second-order valence-corrected chi connectivity index (χ2v) is 5.79. The van der Waals surface area contributed by atoms with Gasteiger partial charge in [0, 0.05) is 24.4 Å². The standard InChI is InChI=1S/C15H23N3O3/c1-10(2)14(11(3)4)9-16-15(19)17-12-6-5-7-13(8-12)18(20)21/h5-8,10-11,14H,9H2,1-4H3,(H2,16,17,19). The van der Waals surface area contributed by atoms with Crippen LogP contribution in [0.25, 0.3) is 0 Å². The van der Waals surface area contributed by atoms with E-state index in [4.69, 9.17) is 0 Å². The molecule has 21 heavy (non-hydrogen) atoms. The second-order valence-electron chi connectivity index (χ2n) is 5.79. The van der Waals surface area contributed by atoms with E-state index in [0.717, 1.165) is 0 Å². The van der Waals surface area contributed by atoms with Gasteiger partial charge in [0.1, 0.15) is 0 Å². The number of nitrogens with one attached hydrogen (secondary N) is 2. The number of amides is 2. The van der Waals surface area contributed by atoms with Gasteiger partial charge in [-0.15, -0.1) is 0 Å². The van der Waals surface area contributed by atoms with Crippen molar-refractivity contribution in [2.45, 2.75) is 27.7 Å². The zero-order chi connectivity index (χ0) is 16.0. The molecule has 0 heterocycles. The van der Waals surface area contributed by atoms with Crippen LogP contribution < -0.4 is 10.6 Å². The molecule has 0 spiro atoms. The largest absolute Gasteiger partial charge is 0.338 e. The maximum atomic E-state index is 11.9. The number of urea groups is 1. The van der Waals surface area contributed by atoms with Crippen molar-refractivity contribution in [1.82, 2.24) is 5.32 Å². The van der Waals surface area contributed by atoms with Crippen LogP contribution in [0.4, 0.5) is 16.2 Å². The summed E-state index contributed by atoms with van der Waals surface area (Å²) in [6, 6.07) is 5.54. The first kappa shape index (κ1) is 16.9. The maximum Gasteiger partial charge on any atom is 0.319 e. The molecule has 2 amide bonds. The molecule has 6 heteroatoms. The zero-order valence-electron chi connectivity index (χ0n) is 12.9. The Bertz CT molecular complexity index is 493. The van der Waals surface area contributed by atoms with E-state index in [1.165, 1.54) is 12.1 Å². The molecule has 0 unspecified atom stereocenters. The van der Waals surface area contributed by atoms with E-state index in [1.54, 1.807) is 12.1 Å². The van der Waals surface area contributed by atoms with Crippen LogP contribution >= 0.6 is 0 Å². The fourth-order valence-corrected chi connectivity index (χ4v) is 2.32. The van der Waals surface area contributed by atoms with Crippen LogP contribution in [0.2, 0.25) is 0 Å². The smallest absolute Gasteiger partial charge is 0.319 e. The molecule has 0 saturated heterocycles. The number of nitro benzene ring substituents is 1. The number of rotatable bonds is 6. The van der Waals surface area contributed by atoms with Crippen LogP contribution in [0.1, 0.15) is 27.7 Å². The number of benzene rings is 1. The lowest BCUT2D eigenvalue weighted by Gasteiger charge is -2.25. The average molecular weight is 293 g/mol. The lowest BCUT2D eigenvalue weighted by molar-refractivity contribution is -0.384. The molecule has 0 aliphatic carbocycles. The minimum absolute atomic E-state index is 0.0463. The van der Waals surface area contributed by atoms with Gasteiger partial charge in [-0.05, 0) is 23.8 Å². The summed E-state index contributed by atoms with van der Waals surface area (Å²) in [5, 5.41) is 16.1. The number of anilines is 1. The molecule has 0 atom stereocenters. The summed E-state index contributed by atoms with van der Waals surface area (Å²) >= 11 is 0. The second kappa shape index (κ2) is 7.61. The van der Waals surface area contributed by atoms with Crippen molar-refractivity contribution in [2.24, 2.45) is 17.8 Å². The normalized spacial score (nSPS) is 11.0. The van der Waals surface area contributed by atoms with Crippen LogP contribution in [0.3, 0.4) is 0 Å². The number of nitrogens with zero attached hydrogens (tertiary/aromatic N) is 1. The van der Waals surface area contributed by atoms with E-state index in [1.807, 2.05) is 0 Å². The van der Waals surface area contributed by atoms with Crippen LogP contribution in [0.15, 0.2) is 24.3 Å². The Morgan fingerprint density at radius 2 is 1.86 bits per heavy atom. The Morgan fingerprint density at radius 3 is 2.38 bits per heavy atom. The van der Waals surface area contributed by atoms with E-state index in [0.29, 0.717) is 30.0 Å². The summed E-state index contributed by atoms with van der Waals surface area (Å²) in [5.74, 6) is 1.34. The van der Waals surface area contributed by atoms with E-state index in [2.05, 4.69) is 38.3 Å². The van der Waals surface area contributed by atoms with Gasteiger partial charge >= 0.3 is 6.03 Å². The third-order valence-electron chi connectivity index (χ3n) is 3.53. The summed E-state index contributed by atoms with van der Waals surface area (Å²) in [4.78, 5) is 22.0. The molecule has 0 radical (unpaired) electrons. The Morgan fingerprint density at radius 1 is 1.24 bits per heavy atom. The molecule has 116 valence electrons. The molecule has 1 aromatic rings. The first-order chi connectivity index (χ1) is 9.81. The molecule has 0 aliphatic heterocycles. The Hall–Kier alpha value is -2.11. The van der Waals surface area contributed by atoms with Gasteiger partial charge < -0.3 is 10.6 Å². The van der Waals surface area contributed by atoms with Gasteiger partial charge in [-0.3, -0.25) is 10.1 Å². The summed E-state index contributed by atoms with van der Waals surface area (Å²) < 4.78 is 0. The van der Waals surface area contributed by atoms with Crippen LogP contribution in [0.5, 0.6) is 0 Å². The highest BCUT2D eigenvalue weighted by molar-refractivity contribution is 5.89. The summed E-state index contributed by atoms with van der Waals surface area (Å²) in [6.45, 7) is 9.10. The molecule has 0 saturated carbocycles. The number of hydrogen-bond donors (Lipinski definition) is 2. The molecule has 6 nitrogen and oxygen atoms in total. The number of carbonyl (C=O) groups excluding carboxylic acids is 1. The van der Waals surface area contributed by atoms with Crippen molar-refractivity contribution in [1.29, 1.82) is 0 Å². The van der Waals surface area contributed by atoms with Crippen LogP contribution in [0, 0.1) is 27.9 Å². The third-order valence-corrected chi connectivity index (χ3v) is 3.53. The molecule has 1 rings (SSSR count). The fourth-order valence-electron chi connectivity index (χ4n) is 2.32. The van der Waals surface area contributed by atoms with E-state index in [9.17, 15) is 14.9 Å². The molecule has 0 aromatic heterocycles. The number of carbonyl (C=O) groups is 1. The molecule has 0 aliphatic rings. The highest BCUT2D eigenvalue weighted by Crippen LogP contribution is 2.20. The molecular weight excluding hydrogens is 270 g/mol. The minimum Gasteiger partial charge on any atom is -0.338 e. The minimum atomic E-state index is -0.489. The zero-order valence-corrected chi connectivity index (χ0v) is 12.9. The highest BCUT2D eigenvalue weighted by Gasteiger charge is 2.18. The quantitative estimate of drug-likeness (QED) is 0.620. The molecule has 0 bridgehead atoms. The first-order valence-electron chi connectivity index (χ1n) is 7.10. The lowest BCUT2D eigenvalue weighted by atomic mass is 9.85. The fraction of sp³-hybridized carbons (Fsp3) is 0.533. The first-order valence-corrected chi connectivity index (χ1v) is 7.10. The summed E-state index contributed by atoms with van der Waals surface area (Å²) in [7, 11) is 0. The van der Waals surface area contributed by atoms with Crippen molar-refractivity contribution in [2.75, 3.05) is 11.9 Å². The Balaban J connectivity index is 2.58. The van der Waals surface area contributed by atoms with Crippen LogP contribution in [-0.4, -0.2) is 17.5 Å². The number of hydrogen-bond acceptors (Lipinski definition) is 3. The molecule has 2 N–H and O–H groups in total. The van der Waals surface area contributed by atoms with E-state index < -0.39 is 4.92 Å². The van der Waals surface area contributed by atoms with E-state index >= 15 is 0 Å². The molecule has 0 fully saturated rings. The van der Waals surface area contributed by atoms with Crippen molar-refractivity contribution in [3.8, 4) is 0 Å². The lowest BCUT2D eigenvalue weighted by Crippen LogP contribution is -2.36. The monoisotopic (exact) mass is 293 g/mol.